The molecule has 0 radical (unpaired) electrons. The third kappa shape index (κ3) is 2.76. The Labute approximate surface area is 115 Å². The van der Waals surface area contributed by atoms with Crippen LogP contribution >= 0.6 is 35.1 Å². The van der Waals surface area contributed by atoms with Crippen LogP contribution in [0.25, 0.3) is 0 Å². The van der Waals surface area contributed by atoms with E-state index in [0.717, 1.165) is 11.4 Å². The van der Waals surface area contributed by atoms with Crippen LogP contribution < -0.4 is 11.3 Å². The average Bonchev–Trinajstić information content (AvgIpc) is 2.64. The molecule has 0 aromatic carbocycles. The molecule has 1 aliphatic heterocycles. The van der Waals surface area contributed by atoms with Gasteiger partial charge in [0.15, 0.2) is 0 Å². The van der Waals surface area contributed by atoms with E-state index in [-0.39, 0.29) is 6.04 Å². The zero-order chi connectivity index (χ0) is 12.4. The van der Waals surface area contributed by atoms with Gasteiger partial charge in [0.1, 0.15) is 0 Å². The Balaban J connectivity index is 2.26. The summed E-state index contributed by atoms with van der Waals surface area (Å²) in [6.45, 7) is 2.25. The Morgan fingerprint density at radius 3 is 2.82 bits per heavy atom. The van der Waals surface area contributed by atoms with Gasteiger partial charge in [0.05, 0.1) is 23.0 Å². The number of aromatic nitrogens is 2. The molecule has 4 nitrogen and oxygen atoms in total. The van der Waals surface area contributed by atoms with Gasteiger partial charge in [-0.3, -0.25) is 16.0 Å². The maximum absolute atomic E-state index is 6.19. The topological polar surface area (TPSA) is 55.9 Å². The molecule has 7 heteroatoms. The van der Waals surface area contributed by atoms with Gasteiger partial charge in [0.25, 0.3) is 0 Å². The van der Waals surface area contributed by atoms with Gasteiger partial charge in [0, 0.05) is 29.1 Å². The number of rotatable bonds is 3. The van der Waals surface area contributed by atoms with Gasteiger partial charge < -0.3 is 0 Å². The van der Waals surface area contributed by atoms with Gasteiger partial charge in [-0.15, -0.1) is 0 Å². The summed E-state index contributed by atoms with van der Waals surface area (Å²) in [7, 11) is 1.90. The molecule has 2 heterocycles. The summed E-state index contributed by atoms with van der Waals surface area (Å²) in [5.74, 6) is 8.09. The monoisotopic (exact) mass is 292 g/mol. The normalized spacial score (nSPS) is 27.1. The summed E-state index contributed by atoms with van der Waals surface area (Å²) in [4.78, 5) is 0. The van der Waals surface area contributed by atoms with Crippen LogP contribution in [-0.2, 0) is 7.05 Å². The molecule has 3 N–H and O–H groups in total. The highest BCUT2D eigenvalue weighted by atomic mass is 35.5. The summed E-state index contributed by atoms with van der Waals surface area (Å²) in [6, 6.07) is 0.0443. The van der Waals surface area contributed by atoms with Crippen molar-refractivity contribution in [2.45, 2.75) is 23.5 Å². The summed E-state index contributed by atoms with van der Waals surface area (Å²) in [6.07, 6.45) is 1.67. The first-order valence-corrected chi connectivity index (χ1v) is 7.99. The summed E-state index contributed by atoms with van der Waals surface area (Å²) in [5, 5.41) is 5.84. The highest BCUT2D eigenvalue weighted by Gasteiger charge is 2.33. The fourth-order valence-corrected chi connectivity index (χ4v) is 5.30. The van der Waals surface area contributed by atoms with Crippen molar-refractivity contribution < 1.29 is 0 Å². The number of hydrazine groups is 1. The average molecular weight is 293 g/mol. The zero-order valence-corrected chi connectivity index (χ0v) is 12.3. The van der Waals surface area contributed by atoms with Crippen LogP contribution in [0.15, 0.2) is 6.20 Å². The summed E-state index contributed by atoms with van der Waals surface area (Å²) >= 11 is 10.1. The molecular formula is C10H17ClN4S2. The van der Waals surface area contributed by atoms with Gasteiger partial charge in [-0.1, -0.05) is 18.5 Å². The van der Waals surface area contributed by atoms with Gasteiger partial charge >= 0.3 is 0 Å². The molecule has 96 valence electrons. The van der Waals surface area contributed by atoms with Crippen LogP contribution in [0.2, 0.25) is 5.02 Å². The van der Waals surface area contributed by atoms with Crippen LogP contribution in [-0.4, -0.2) is 31.8 Å². The van der Waals surface area contributed by atoms with E-state index in [2.05, 4.69) is 17.4 Å². The van der Waals surface area contributed by atoms with Crippen LogP contribution in [0.5, 0.6) is 0 Å². The molecule has 0 bridgehead atoms. The number of aryl methyl sites for hydroxylation is 1. The minimum Gasteiger partial charge on any atom is -0.271 e. The minimum atomic E-state index is 0.0443. The highest BCUT2D eigenvalue weighted by Crippen LogP contribution is 2.39. The van der Waals surface area contributed by atoms with E-state index in [4.69, 9.17) is 17.4 Å². The van der Waals surface area contributed by atoms with Crippen LogP contribution in [0.1, 0.15) is 18.7 Å². The van der Waals surface area contributed by atoms with Crippen molar-refractivity contribution in [2.24, 2.45) is 12.9 Å². The van der Waals surface area contributed by atoms with Crippen molar-refractivity contribution in [1.29, 1.82) is 0 Å². The minimum absolute atomic E-state index is 0.0443. The van der Waals surface area contributed by atoms with E-state index in [1.165, 1.54) is 5.75 Å². The quantitative estimate of drug-likeness (QED) is 0.657. The van der Waals surface area contributed by atoms with E-state index >= 15 is 0 Å². The molecule has 1 aromatic heterocycles. The molecule has 3 atom stereocenters. The smallest absolute Gasteiger partial charge is 0.0834 e. The second-order valence-corrected chi connectivity index (χ2v) is 7.24. The van der Waals surface area contributed by atoms with Crippen molar-refractivity contribution in [2.75, 3.05) is 11.5 Å². The number of hydrogen-bond donors (Lipinski definition) is 2. The number of hydrogen-bond acceptors (Lipinski definition) is 5. The number of thioether (sulfide) groups is 2. The van der Waals surface area contributed by atoms with Crippen molar-refractivity contribution >= 4 is 35.1 Å². The molecule has 1 aliphatic rings. The third-order valence-corrected chi connectivity index (χ3v) is 6.46. The molecule has 2 rings (SSSR count). The van der Waals surface area contributed by atoms with E-state index in [1.54, 1.807) is 10.9 Å². The standard InChI is InChI=1S/C10H17ClN4S2/c1-6-10(17-4-3-16-6)8(14-12)9-7(11)5-13-15(9)2/h5-6,8,10,14H,3-4,12H2,1-2H3. The predicted molar refractivity (Wildman–Crippen MR) is 76.4 cm³/mol. The maximum atomic E-state index is 6.19. The summed E-state index contributed by atoms with van der Waals surface area (Å²) in [5.41, 5.74) is 3.88. The Bertz CT molecular complexity index is 365. The van der Waals surface area contributed by atoms with Crippen LogP contribution in [0.4, 0.5) is 0 Å². The van der Waals surface area contributed by atoms with Crippen molar-refractivity contribution in [3.8, 4) is 0 Å². The second kappa shape index (κ2) is 5.84. The fraction of sp³-hybridized carbons (Fsp3) is 0.700. The zero-order valence-electron chi connectivity index (χ0n) is 9.89. The van der Waals surface area contributed by atoms with E-state index < -0.39 is 0 Å². The Kier molecular flexibility index (Phi) is 4.65. The first kappa shape index (κ1) is 13.5. The molecular weight excluding hydrogens is 276 g/mol. The van der Waals surface area contributed by atoms with Crippen LogP contribution in [0.3, 0.4) is 0 Å². The van der Waals surface area contributed by atoms with Crippen molar-refractivity contribution in [1.82, 2.24) is 15.2 Å². The Morgan fingerprint density at radius 1 is 1.59 bits per heavy atom. The molecule has 1 aromatic rings. The van der Waals surface area contributed by atoms with E-state index in [1.807, 2.05) is 30.6 Å². The second-order valence-electron chi connectivity index (χ2n) is 4.06. The molecule has 0 amide bonds. The number of nitrogens with two attached hydrogens (primary N) is 1. The number of halogens is 1. The molecule has 17 heavy (non-hydrogen) atoms. The number of nitrogens with one attached hydrogen (secondary N) is 1. The molecule has 1 saturated heterocycles. The lowest BCUT2D eigenvalue weighted by Crippen LogP contribution is -2.42. The first-order chi connectivity index (χ1) is 8.15. The van der Waals surface area contributed by atoms with Gasteiger partial charge in [-0.25, -0.2) is 0 Å². The van der Waals surface area contributed by atoms with Gasteiger partial charge in [-0.05, 0) is 0 Å². The lowest BCUT2D eigenvalue weighted by atomic mass is 10.1. The lowest BCUT2D eigenvalue weighted by Gasteiger charge is -2.34. The lowest BCUT2D eigenvalue weighted by molar-refractivity contribution is 0.490. The van der Waals surface area contributed by atoms with E-state index in [9.17, 15) is 0 Å². The molecule has 1 fully saturated rings. The third-order valence-electron chi connectivity index (χ3n) is 2.98. The fourth-order valence-electron chi connectivity index (χ4n) is 2.12. The number of nitrogens with zero attached hydrogens (tertiary/aromatic N) is 2. The molecule has 0 spiro atoms. The predicted octanol–water partition coefficient (Wildman–Crippen LogP) is 1.81. The first-order valence-electron chi connectivity index (χ1n) is 5.52. The summed E-state index contributed by atoms with van der Waals surface area (Å²) < 4.78 is 1.80. The SMILES string of the molecule is CC1SCCSC1C(NN)c1c(Cl)cnn1C. The highest BCUT2D eigenvalue weighted by molar-refractivity contribution is 8.07. The molecule has 3 unspecified atom stereocenters. The van der Waals surface area contributed by atoms with Crippen molar-refractivity contribution in [3.05, 3.63) is 16.9 Å². The largest absolute Gasteiger partial charge is 0.271 e. The van der Waals surface area contributed by atoms with E-state index in [0.29, 0.717) is 15.5 Å². The van der Waals surface area contributed by atoms with Gasteiger partial charge in [-0.2, -0.15) is 28.6 Å². The molecule has 0 saturated carbocycles. The van der Waals surface area contributed by atoms with Crippen LogP contribution in [0, 0.1) is 0 Å². The Morgan fingerprint density at radius 2 is 2.29 bits per heavy atom. The van der Waals surface area contributed by atoms with Gasteiger partial charge in [0.2, 0.25) is 0 Å². The Hall–Kier alpha value is 0.120. The molecule has 0 aliphatic carbocycles. The van der Waals surface area contributed by atoms with Crippen molar-refractivity contribution in [3.63, 3.8) is 0 Å². The maximum Gasteiger partial charge on any atom is 0.0834 e.